The van der Waals surface area contributed by atoms with Crippen LogP contribution >= 0.6 is 0 Å². The van der Waals surface area contributed by atoms with Gasteiger partial charge in [-0.1, -0.05) is 30.3 Å². The molecule has 3 rings (SSSR count). The number of morpholine rings is 1. The molecule has 2 saturated heterocycles. The number of allylic oxidation sites excluding steroid dienone is 1. The lowest BCUT2D eigenvalue weighted by Crippen LogP contribution is -2.50. The third-order valence-corrected chi connectivity index (χ3v) is 5.26. The van der Waals surface area contributed by atoms with Crippen molar-refractivity contribution in [3.63, 3.8) is 0 Å². The molecule has 0 aliphatic carbocycles. The van der Waals surface area contributed by atoms with Crippen LogP contribution in [-0.2, 0) is 14.3 Å². The Hall–Kier alpha value is -2.18. The van der Waals surface area contributed by atoms with Crippen LogP contribution in [0.2, 0.25) is 0 Å². The van der Waals surface area contributed by atoms with Crippen LogP contribution in [0.25, 0.3) is 5.57 Å². The summed E-state index contributed by atoms with van der Waals surface area (Å²) in [5.41, 5.74) is 2.02. The van der Waals surface area contributed by atoms with Crippen LogP contribution in [0, 0.1) is 0 Å². The quantitative estimate of drug-likeness (QED) is 0.736. The minimum absolute atomic E-state index is 0.0248. The van der Waals surface area contributed by atoms with Gasteiger partial charge in [0, 0.05) is 58.3 Å². The van der Waals surface area contributed by atoms with Crippen molar-refractivity contribution in [1.82, 2.24) is 14.7 Å². The molecule has 0 N–H and O–H groups in total. The van der Waals surface area contributed by atoms with Crippen molar-refractivity contribution in [3.05, 3.63) is 42.0 Å². The van der Waals surface area contributed by atoms with E-state index < -0.39 is 0 Å². The van der Waals surface area contributed by atoms with Gasteiger partial charge >= 0.3 is 0 Å². The SMILES string of the molecule is C/C(=C\C(=O)N1CCN(C(=O)CCN2CCOCC2)CC1)c1ccccc1. The molecule has 0 unspecified atom stereocenters. The molecule has 1 aromatic carbocycles. The van der Waals surface area contributed by atoms with E-state index in [1.165, 1.54) is 0 Å². The minimum Gasteiger partial charge on any atom is -0.379 e. The zero-order valence-corrected chi connectivity index (χ0v) is 16.1. The van der Waals surface area contributed by atoms with E-state index in [-0.39, 0.29) is 11.8 Å². The second-order valence-electron chi connectivity index (χ2n) is 7.10. The van der Waals surface area contributed by atoms with E-state index in [2.05, 4.69) is 4.90 Å². The number of rotatable bonds is 5. The van der Waals surface area contributed by atoms with Crippen molar-refractivity contribution in [3.8, 4) is 0 Å². The van der Waals surface area contributed by atoms with Gasteiger partial charge in [0.2, 0.25) is 11.8 Å². The van der Waals surface area contributed by atoms with Crippen molar-refractivity contribution >= 4 is 17.4 Å². The molecule has 6 nitrogen and oxygen atoms in total. The number of amides is 2. The first kappa shape index (κ1) is 19.6. The highest BCUT2D eigenvalue weighted by Crippen LogP contribution is 2.14. The molecule has 6 heteroatoms. The predicted octanol–water partition coefficient (Wildman–Crippen LogP) is 1.48. The predicted molar refractivity (Wildman–Crippen MR) is 105 cm³/mol. The molecule has 1 aromatic rings. The van der Waals surface area contributed by atoms with Gasteiger partial charge in [0.25, 0.3) is 0 Å². The Kier molecular flexibility index (Phi) is 7.01. The summed E-state index contributed by atoms with van der Waals surface area (Å²) in [4.78, 5) is 30.9. The first-order valence-corrected chi connectivity index (χ1v) is 9.74. The average Bonchev–Trinajstić information content (AvgIpc) is 2.73. The molecule has 0 atom stereocenters. The standard InChI is InChI=1S/C21H29N3O3/c1-18(19-5-3-2-4-6-19)17-21(26)24-11-9-23(10-12-24)20(25)7-8-22-13-15-27-16-14-22/h2-6,17H,7-16H2,1H3/b18-17+. The number of nitrogens with zero attached hydrogens (tertiary/aromatic N) is 3. The summed E-state index contributed by atoms with van der Waals surface area (Å²) in [6.45, 7) is 8.50. The molecule has 27 heavy (non-hydrogen) atoms. The second kappa shape index (κ2) is 9.67. The fourth-order valence-electron chi connectivity index (χ4n) is 3.47. The minimum atomic E-state index is 0.0248. The molecule has 2 amide bonds. The van der Waals surface area contributed by atoms with Crippen molar-refractivity contribution in [2.75, 3.05) is 59.0 Å². The van der Waals surface area contributed by atoms with Crippen LogP contribution in [0.15, 0.2) is 36.4 Å². The molecule has 0 bridgehead atoms. The van der Waals surface area contributed by atoms with Gasteiger partial charge in [-0.25, -0.2) is 0 Å². The molecular weight excluding hydrogens is 342 g/mol. The fraction of sp³-hybridized carbons (Fsp3) is 0.524. The molecule has 146 valence electrons. The first-order valence-electron chi connectivity index (χ1n) is 9.74. The molecule has 0 radical (unpaired) electrons. The van der Waals surface area contributed by atoms with Crippen molar-refractivity contribution < 1.29 is 14.3 Å². The van der Waals surface area contributed by atoms with E-state index in [0.717, 1.165) is 44.0 Å². The number of benzene rings is 1. The Morgan fingerprint density at radius 1 is 0.963 bits per heavy atom. The van der Waals surface area contributed by atoms with Gasteiger partial charge in [0.05, 0.1) is 13.2 Å². The Labute approximate surface area is 161 Å². The van der Waals surface area contributed by atoms with Crippen LogP contribution in [0.1, 0.15) is 18.9 Å². The van der Waals surface area contributed by atoms with Crippen LogP contribution in [0.3, 0.4) is 0 Å². The largest absolute Gasteiger partial charge is 0.379 e. The van der Waals surface area contributed by atoms with E-state index in [1.54, 1.807) is 6.08 Å². The summed E-state index contributed by atoms with van der Waals surface area (Å²) in [5.74, 6) is 0.210. The Morgan fingerprint density at radius 3 is 2.26 bits per heavy atom. The summed E-state index contributed by atoms with van der Waals surface area (Å²) in [6.07, 6.45) is 2.24. The maximum Gasteiger partial charge on any atom is 0.246 e. The van der Waals surface area contributed by atoms with Gasteiger partial charge in [-0.3, -0.25) is 14.5 Å². The van der Waals surface area contributed by atoms with E-state index in [0.29, 0.717) is 32.6 Å². The summed E-state index contributed by atoms with van der Waals surface area (Å²) in [6, 6.07) is 9.92. The highest BCUT2D eigenvalue weighted by molar-refractivity contribution is 5.95. The van der Waals surface area contributed by atoms with E-state index in [9.17, 15) is 9.59 Å². The Bertz CT molecular complexity index is 661. The highest BCUT2D eigenvalue weighted by Gasteiger charge is 2.23. The number of hydrogen-bond acceptors (Lipinski definition) is 4. The highest BCUT2D eigenvalue weighted by atomic mass is 16.5. The number of piperazine rings is 1. The topological polar surface area (TPSA) is 53.1 Å². The van der Waals surface area contributed by atoms with Crippen LogP contribution in [0.4, 0.5) is 0 Å². The van der Waals surface area contributed by atoms with Crippen molar-refractivity contribution in [2.24, 2.45) is 0 Å². The van der Waals surface area contributed by atoms with Gasteiger partial charge in [-0.05, 0) is 18.1 Å². The average molecular weight is 371 g/mol. The third-order valence-electron chi connectivity index (χ3n) is 5.26. The summed E-state index contributed by atoms with van der Waals surface area (Å²) in [5, 5.41) is 0. The maximum absolute atomic E-state index is 12.5. The molecule has 2 aliphatic heterocycles. The van der Waals surface area contributed by atoms with Gasteiger partial charge in [-0.2, -0.15) is 0 Å². The normalized spacial score (nSPS) is 19.2. The van der Waals surface area contributed by atoms with E-state index in [4.69, 9.17) is 4.74 Å². The van der Waals surface area contributed by atoms with Crippen LogP contribution in [0.5, 0.6) is 0 Å². The lowest BCUT2D eigenvalue weighted by Gasteiger charge is -2.35. The molecular formula is C21H29N3O3. The lowest BCUT2D eigenvalue weighted by atomic mass is 10.1. The molecule has 0 aromatic heterocycles. The maximum atomic E-state index is 12.5. The zero-order valence-electron chi connectivity index (χ0n) is 16.1. The third kappa shape index (κ3) is 5.65. The van der Waals surface area contributed by atoms with E-state index in [1.807, 2.05) is 47.1 Å². The van der Waals surface area contributed by atoms with Crippen molar-refractivity contribution in [2.45, 2.75) is 13.3 Å². The molecule has 0 spiro atoms. The van der Waals surface area contributed by atoms with Gasteiger partial charge in [0.15, 0.2) is 0 Å². The van der Waals surface area contributed by atoms with Crippen molar-refractivity contribution in [1.29, 1.82) is 0 Å². The fourth-order valence-corrected chi connectivity index (χ4v) is 3.47. The number of hydrogen-bond donors (Lipinski definition) is 0. The number of carbonyl (C=O) groups excluding carboxylic acids is 2. The second-order valence-corrected chi connectivity index (χ2v) is 7.10. The van der Waals surface area contributed by atoms with Crippen LogP contribution < -0.4 is 0 Å². The Balaban J connectivity index is 1.43. The lowest BCUT2D eigenvalue weighted by molar-refractivity contribution is -0.137. The van der Waals surface area contributed by atoms with Gasteiger partial charge in [0.1, 0.15) is 0 Å². The zero-order chi connectivity index (χ0) is 19.1. The first-order chi connectivity index (χ1) is 13.1. The van der Waals surface area contributed by atoms with Gasteiger partial charge in [-0.15, -0.1) is 0 Å². The molecule has 0 saturated carbocycles. The Morgan fingerprint density at radius 2 is 1.59 bits per heavy atom. The van der Waals surface area contributed by atoms with Gasteiger partial charge < -0.3 is 14.5 Å². The number of ether oxygens (including phenoxy) is 1. The molecule has 2 fully saturated rings. The van der Waals surface area contributed by atoms with Crippen LogP contribution in [-0.4, -0.2) is 85.5 Å². The number of carbonyl (C=O) groups is 2. The molecule has 2 aliphatic rings. The smallest absolute Gasteiger partial charge is 0.246 e. The summed E-state index contributed by atoms with van der Waals surface area (Å²) >= 11 is 0. The summed E-state index contributed by atoms with van der Waals surface area (Å²) in [7, 11) is 0. The molecule has 2 heterocycles. The monoisotopic (exact) mass is 371 g/mol. The van der Waals surface area contributed by atoms with E-state index >= 15 is 0 Å². The summed E-state index contributed by atoms with van der Waals surface area (Å²) < 4.78 is 5.33.